The maximum atomic E-state index is 4.90. The Bertz CT molecular complexity index is 1240. The van der Waals surface area contributed by atoms with Crippen LogP contribution in [0.2, 0.25) is 0 Å². The highest BCUT2D eigenvalue weighted by Gasteiger charge is 2.48. The SMILES string of the molecule is C/N=C(/C(=C1\Nc2c(C)cccc2C(C)(C)C1(C)C)c1ccccc1)c1cc(C)cc(C)c1. The normalized spacial score (nSPS) is 18.4. The van der Waals surface area contributed by atoms with Crippen LogP contribution in [0.15, 0.2) is 77.4 Å². The van der Waals surface area contributed by atoms with Gasteiger partial charge in [0, 0.05) is 40.4 Å². The highest BCUT2D eigenvalue weighted by molar-refractivity contribution is 6.33. The molecule has 33 heavy (non-hydrogen) atoms. The third-order valence-electron chi connectivity index (χ3n) is 7.65. The predicted octanol–water partition coefficient (Wildman–Crippen LogP) is 7.87. The van der Waals surface area contributed by atoms with Crippen molar-refractivity contribution in [2.24, 2.45) is 10.4 Å². The molecule has 2 nitrogen and oxygen atoms in total. The first kappa shape index (κ1) is 23.0. The minimum atomic E-state index is -0.159. The molecule has 0 aromatic heterocycles. The fourth-order valence-corrected chi connectivity index (χ4v) is 5.16. The molecule has 0 bridgehead atoms. The lowest BCUT2D eigenvalue weighted by Gasteiger charge is -2.50. The van der Waals surface area contributed by atoms with Crippen LogP contribution in [0.3, 0.4) is 0 Å². The topological polar surface area (TPSA) is 24.4 Å². The number of benzene rings is 3. The fourth-order valence-electron chi connectivity index (χ4n) is 5.16. The van der Waals surface area contributed by atoms with Crippen LogP contribution in [0, 0.1) is 26.2 Å². The van der Waals surface area contributed by atoms with E-state index in [2.05, 4.69) is 121 Å². The van der Waals surface area contributed by atoms with Crippen LogP contribution >= 0.6 is 0 Å². The van der Waals surface area contributed by atoms with Gasteiger partial charge in [-0.25, -0.2) is 0 Å². The van der Waals surface area contributed by atoms with E-state index in [1.165, 1.54) is 44.8 Å². The zero-order valence-electron chi connectivity index (χ0n) is 21.3. The quantitative estimate of drug-likeness (QED) is 0.415. The zero-order chi connectivity index (χ0) is 24.0. The summed E-state index contributed by atoms with van der Waals surface area (Å²) in [7, 11) is 1.91. The summed E-state index contributed by atoms with van der Waals surface area (Å²) in [5.74, 6) is 0. The van der Waals surface area contributed by atoms with Gasteiger partial charge in [-0.05, 0) is 49.6 Å². The third kappa shape index (κ3) is 3.82. The van der Waals surface area contributed by atoms with Gasteiger partial charge in [0.25, 0.3) is 0 Å². The molecule has 0 saturated carbocycles. The molecule has 0 amide bonds. The van der Waals surface area contributed by atoms with Gasteiger partial charge < -0.3 is 5.32 Å². The van der Waals surface area contributed by atoms with E-state index < -0.39 is 0 Å². The summed E-state index contributed by atoms with van der Waals surface area (Å²) in [6.07, 6.45) is 0. The van der Waals surface area contributed by atoms with Crippen molar-refractivity contribution in [2.75, 3.05) is 12.4 Å². The number of aliphatic imine (C=N–C) groups is 1. The van der Waals surface area contributed by atoms with Gasteiger partial charge in [-0.2, -0.15) is 0 Å². The monoisotopic (exact) mass is 436 g/mol. The molecular formula is C31H36N2. The van der Waals surface area contributed by atoms with Crippen LogP contribution in [0.25, 0.3) is 5.57 Å². The molecule has 3 aromatic carbocycles. The first-order chi connectivity index (χ1) is 15.6. The molecule has 1 aliphatic heterocycles. The molecule has 1 N–H and O–H groups in total. The van der Waals surface area contributed by atoms with Crippen molar-refractivity contribution in [2.45, 2.75) is 53.9 Å². The Kier molecular flexibility index (Phi) is 5.82. The van der Waals surface area contributed by atoms with E-state index in [9.17, 15) is 0 Å². The van der Waals surface area contributed by atoms with Crippen LogP contribution in [-0.2, 0) is 5.41 Å². The van der Waals surface area contributed by atoms with E-state index in [4.69, 9.17) is 4.99 Å². The van der Waals surface area contributed by atoms with Crippen LogP contribution in [-0.4, -0.2) is 12.8 Å². The van der Waals surface area contributed by atoms with Crippen molar-refractivity contribution in [3.63, 3.8) is 0 Å². The predicted molar refractivity (Wildman–Crippen MR) is 143 cm³/mol. The molecular weight excluding hydrogens is 400 g/mol. The number of fused-ring (bicyclic) bond motifs is 1. The van der Waals surface area contributed by atoms with Crippen molar-refractivity contribution in [1.82, 2.24) is 0 Å². The summed E-state index contributed by atoms with van der Waals surface area (Å²) >= 11 is 0. The molecule has 0 spiro atoms. The summed E-state index contributed by atoms with van der Waals surface area (Å²) in [5, 5.41) is 3.92. The lowest BCUT2D eigenvalue weighted by Crippen LogP contribution is -2.45. The van der Waals surface area contributed by atoms with E-state index >= 15 is 0 Å². The van der Waals surface area contributed by atoms with E-state index in [1.807, 2.05) is 7.05 Å². The number of anilines is 1. The smallest absolute Gasteiger partial charge is 0.0739 e. The van der Waals surface area contributed by atoms with Crippen molar-refractivity contribution in [3.8, 4) is 0 Å². The second kappa shape index (κ2) is 8.33. The number of allylic oxidation sites excluding steroid dienone is 2. The lowest BCUT2D eigenvalue weighted by molar-refractivity contribution is 0.245. The summed E-state index contributed by atoms with van der Waals surface area (Å²) in [4.78, 5) is 4.90. The van der Waals surface area contributed by atoms with Crippen LogP contribution in [0.5, 0.6) is 0 Å². The van der Waals surface area contributed by atoms with Gasteiger partial charge in [-0.15, -0.1) is 0 Å². The van der Waals surface area contributed by atoms with Crippen LogP contribution in [0.1, 0.15) is 61.1 Å². The summed E-state index contributed by atoms with van der Waals surface area (Å²) in [6, 6.07) is 24.1. The standard InChI is InChI=1S/C31H36N2/c1-20-17-21(2)19-24(18-20)28(32-8)26(23-14-10-9-11-15-23)29-31(6,7)30(4,5)25-16-12-13-22(3)27(25)33-29/h9-19,33H,1-8H3/b29-26-,32-28+. The van der Waals surface area contributed by atoms with Gasteiger partial charge in [0.1, 0.15) is 0 Å². The highest BCUT2D eigenvalue weighted by Crippen LogP contribution is 2.55. The number of para-hydroxylation sites is 1. The van der Waals surface area contributed by atoms with Crippen LogP contribution in [0.4, 0.5) is 5.69 Å². The van der Waals surface area contributed by atoms with Crippen molar-refractivity contribution in [1.29, 1.82) is 0 Å². The van der Waals surface area contributed by atoms with E-state index in [0.717, 1.165) is 11.3 Å². The fraction of sp³-hybridized carbons (Fsp3) is 0.323. The average molecular weight is 437 g/mol. The Morgan fingerprint density at radius 2 is 1.36 bits per heavy atom. The largest absolute Gasteiger partial charge is 0.357 e. The highest BCUT2D eigenvalue weighted by atomic mass is 15.0. The number of hydrogen-bond donors (Lipinski definition) is 1. The number of rotatable bonds is 3. The van der Waals surface area contributed by atoms with Gasteiger partial charge in [-0.1, -0.05) is 93.4 Å². The van der Waals surface area contributed by atoms with Gasteiger partial charge in [0.15, 0.2) is 0 Å². The van der Waals surface area contributed by atoms with Gasteiger partial charge >= 0.3 is 0 Å². The summed E-state index contributed by atoms with van der Waals surface area (Å²) in [5.41, 5.74) is 11.9. The molecule has 0 radical (unpaired) electrons. The molecule has 0 aliphatic carbocycles. The molecule has 170 valence electrons. The Hall–Kier alpha value is -3.13. The maximum Gasteiger partial charge on any atom is 0.0739 e. The number of nitrogens with zero attached hydrogens (tertiary/aromatic N) is 1. The number of hydrogen-bond acceptors (Lipinski definition) is 2. The van der Waals surface area contributed by atoms with Crippen LogP contribution < -0.4 is 5.32 Å². The van der Waals surface area contributed by atoms with Crippen molar-refractivity contribution >= 4 is 17.0 Å². The zero-order valence-corrected chi connectivity index (χ0v) is 21.3. The maximum absolute atomic E-state index is 4.90. The first-order valence-electron chi connectivity index (χ1n) is 11.8. The van der Waals surface area contributed by atoms with Gasteiger partial charge in [0.2, 0.25) is 0 Å². The number of aryl methyl sites for hydroxylation is 3. The number of nitrogens with one attached hydrogen (secondary N) is 1. The Morgan fingerprint density at radius 3 is 1.97 bits per heavy atom. The molecule has 1 aliphatic rings. The minimum absolute atomic E-state index is 0.0731. The molecule has 0 saturated heterocycles. The second-order valence-electron chi connectivity index (χ2n) is 10.4. The molecule has 2 heteroatoms. The lowest BCUT2D eigenvalue weighted by atomic mass is 9.58. The molecule has 0 fully saturated rings. The summed E-state index contributed by atoms with van der Waals surface area (Å²) in [6.45, 7) is 16.0. The van der Waals surface area contributed by atoms with Gasteiger partial charge in [0.05, 0.1) is 5.71 Å². The third-order valence-corrected chi connectivity index (χ3v) is 7.65. The Labute approximate surface area is 199 Å². The van der Waals surface area contributed by atoms with E-state index in [0.29, 0.717) is 0 Å². The van der Waals surface area contributed by atoms with Crippen molar-refractivity contribution in [3.05, 3.63) is 106 Å². The molecule has 4 rings (SSSR count). The Morgan fingerprint density at radius 1 is 0.727 bits per heavy atom. The second-order valence-corrected chi connectivity index (χ2v) is 10.4. The molecule has 0 unspecified atom stereocenters. The first-order valence-corrected chi connectivity index (χ1v) is 11.8. The molecule has 1 heterocycles. The van der Waals surface area contributed by atoms with E-state index in [-0.39, 0.29) is 10.8 Å². The average Bonchev–Trinajstić information content (AvgIpc) is 2.75. The van der Waals surface area contributed by atoms with E-state index in [1.54, 1.807) is 0 Å². The summed E-state index contributed by atoms with van der Waals surface area (Å²) < 4.78 is 0. The van der Waals surface area contributed by atoms with Gasteiger partial charge in [-0.3, -0.25) is 4.99 Å². The van der Waals surface area contributed by atoms with Crippen molar-refractivity contribution < 1.29 is 0 Å². The minimum Gasteiger partial charge on any atom is -0.357 e. The molecule has 0 atom stereocenters. The molecule has 3 aromatic rings. The Balaban J connectivity index is 2.09.